The number of fused-ring (bicyclic) bond motifs is 1. The highest BCUT2D eigenvalue weighted by Crippen LogP contribution is 2.35. The summed E-state index contributed by atoms with van der Waals surface area (Å²) >= 11 is 4.24. The van der Waals surface area contributed by atoms with E-state index in [0.29, 0.717) is 20.4 Å². The SMILES string of the molecule is O=C(O)c1sc2c(ccc(=O)n2-c2ccc(F)cc2)c1Br. The first-order valence-electron chi connectivity index (χ1n) is 5.82. The van der Waals surface area contributed by atoms with Crippen LogP contribution in [-0.4, -0.2) is 15.6 Å². The van der Waals surface area contributed by atoms with Crippen LogP contribution in [0, 0.1) is 5.82 Å². The molecule has 0 saturated carbocycles. The monoisotopic (exact) mass is 367 g/mol. The van der Waals surface area contributed by atoms with Gasteiger partial charge in [-0.15, -0.1) is 11.3 Å². The maximum absolute atomic E-state index is 13.0. The van der Waals surface area contributed by atoms with Crippen LogP contribution in [0.25, 0.3) is 15.9 Å². The molecule has 1 N–H and O–H groups in total. The summed E-state index contributed by atoms with van der Waals surface area (Å²) in [6.07, 6.45) is 0. The molecule has 106 valence electrons. The van der Waals surface area contributed by atoms with Crippen LogP contribution in [-0.2, 0) is 0 Å². The number of halogens is 2. The Morgan fingerprint density at radius 2 is 1.86 bits per heavy atom. The van der Waals surface area contributed by atoms with Gasteiger partial charge in [0.25, 0.3) is 5.56 Å². The molecule has 7 heteroatoms. The van der Waals surface area contributed by atoms with Crippen molar-refractivity contribution in [3.05, 3.63) is 61.9 Å². The summed E-state index contributed by atoms with van der Waals surface area (Å²) in [5, 5.41) is 9.80. The van der Waals surface area contributed by atoms with Gasteiger partial charge >= 0.3 is 5.97 Å². The third-order valence-electron chi connectivity index (χ3n) is 2.96. The van der Waals surface area contributed by atoms with E-state index in [9.17, 15) is 19.1 Å². The van der Waals surface area contributed by atoms with Crippen molar-refractivity contribution in [1.82, 2.24) is 4.57 Å². The lowest BCUT2D eigenvalue weighted by atomic mass is 10.2. The van der Waals surface area contributed by atoms with Crippen molar-refractivity contribution in [3.63, 3.8) is 0 Å². The normalized spacial score (nSPS) is 11.0. The molecule has 1 aromatic carbocycles. The Balaban J connectivity index is 2.39. The number of carboxylic acids is 1. The first kappa shape index (κ1) is 14.0. The number of aromatic carboxylic acids is 1. The molecule has 3 aromatic rings. The Bertz CT molecular complexity index is 914. The molecule has 0 atom stereocenters. The van der Waals surface area contributed by atoms with Crippen LogP contribution in [0.4, 0.5) is 4.39 Å². The molecule has 0 saturated heterocycles. The smallest absolute Gasteiger partial charge is 0.347 e. The third-order valence-corrected chi connectivity index (χ3v) is 5.22. The molecule has 0 spiro atoms. The summed E-state index contributed by atoms with van der Waals surface area (Å²) in [6, 6.07) is 8.39. The van der Waals surface area contributed by atoms with Gasteiger partial charge in [0, 0.05) is 11.5 Å². The number of hydrogen-bond donors (Lipinski definition) is 1. The van der Waals surface area contributed by atoms with E-state index in [0.717, 1.165) is 11.3 Å². The first-order valence-corrected chi connectivity index (χ1v) is 7.43. The van der Waals surface area contributed by atoms with E-state index in [1.165, 1.54) is 34.9 Å². The molecule has 0 bridgehead atoms. The summed E-state index contributed by atoms with van der Waals surface area (Å²) in [7, 11) is 0. The second kappa shape index (κ2) is 5.09. The zero-order valence-corrected chi connectivity index (χ0v) is 12.7. The van der Waals surface area contributed by atoms with E-state index in [4.69, 9.17) is 0 Å². The number of benzene rings is 1. The number of hydrogen-bond acceptors (Lipinski definition) is 3. The lowest BCUT2D eigenvalue weighted by Crippen LogP contribution is -2.16. The van der Waals surface area contributed by atoms with Crippen molar-refractivity contribution < 1.29 is 14.3 Å². The van der Waals surface area contributed by atoms with Crippen LogP contribution in [0.1, 0.15) is 9.67 Å². The fourth-order valence-electron chi connectivity index (χ4n) is 2.02. The molecule has 0 aliphatic carbocycles. The zero-order valence-electron chi connectivity index (χ0n) is 10.3. The predicted molar refractivity (Wildman–Crippen MR) is 82.0 cm³/mol. The van der Waals surface area contributed by atoms with Gasteiger partial charge in [-0.2, -0.15) is 0 Å². The number of carbonyl (C=O) groups is 1. The zero-order chi connectivity index (χ0) is 15.1. The second-order valence-electron chi connectivity index (χ2n) is 4.25. The predicted octanol–water partition coefficient (Wildman–Crippen LogP) is 3.65. The summed E-state index contributed by atoms with van der Waals surface area (Å²) < 4.78 is 14.8. The first-order chi connectivity index (χ1) is 9.99. The van der Waals surface area contributed by atoms with Gasteiger partial charge in [-0.1, -0.05) is 0 Å². The van der Waals surface area contributed by atoms with Crippen LogP contribution in [0.15, 0.2) is 45.7 Å². The third kappa shape index (κ3) is 2.28. The summed E-state index contributed by atoms with van der Waals surface area (Å²) in [5.74, 6) is -1.47. The maximum atomic E-state index is 13.0. The Kier molecular flexibility index (Phi) is 3.38. The number of pyridine rings is 1. The van der Waals surface area contributed by atoms with Crippen molar-refractivity contribution in [3.8, 4) is 5.69 Å². The quantitative estimate of drug-likeness (QED) is 0.751. The van der Waals surface area contributed by atoms with E-state index in [1.807, 2.05) is 0 Å². The van der Waals surface area contributed by atoms with Crippen LogP contribution < -0.4 is 5.56 Å². The highest BCUT2D eigenvalue weighted by Gasteiger charge is 2.19. The molecule has 3 rings (SSSR count). The minimum Gasteiger partial charge on any atom is -0.477 e. The molecule has 0 radical (unpaired) electrons. The largest absolute Gasteiger partial charge is 0.477 e. The van der Waals surface area contributed by atoms with Crippen LogP contribution >= 0.6 is 27.3 Å². The second-order valence-corrected chi connectivity index (χ2v) is 6.04. The molecular weight excluding hydrogens is 361 g/mol. The number of aromatic nitrogens is 1. The number of carboxylic acid groups (broad SMARTS) is 1. The fourth-order valence-corrected chi connectivity index (χ4v) is 3.94. The Morgan fingerprint density at radius 3 is 2.48 bits per heavy atom. The van der Waals surface area contributed by atoms with Gasteiger partial charge < -0.3 is 5.11 Å². The van der Waals surface area contributed by atoms with Crippen molar-refractivity contribution in [1.29, 1.82) is 0 Å². The van der Waals surface area contributed by atoms with Crippen molar-refractivity contribution in [2.75, 3.05) is 0 Å². The van der Waals surface area contributed by atoms with Crippen molar-refractivity contribution >= 4 is 43.5 Å². The van der Waals surface area contributed by atoms with E-state index < -0.39 is 11.8 Å². The van der Waals surface area contributed by atoms with Crippen LogP contribution in [0.3, 0.4) is 0 Å². The van der Waals surface area contributed by atoms with Gasteiger partial charge in [0.2, 0.25) is 0 Å². The maximum Gasteiger partial charge on any atom is 0.347 e. The molecule has 0 unspecified atom stereocenters. The summed E-state index contributed by atoms with van der Waals surface area (Å²) in [6.45, 7) is 0. The van der Waals surface area contributed by atoms with Gasteiger partial charge in [-0.05, 0) is 46.3 Å². The van der Waals surface area contributed by atoms with Crippen LogP contribution in [0.5, 0.6) is 0 Å². The molecular formula is C14H7BrFNO3S. The minimum atomic E-state index is -1.07. The van der Waals surface area contributed by atoms with Crippen LogP contribution in [0.2, 0.25) is 0 Å². The molecule has 2 heterocycles. The van der Waals surface area contributed by atoms with Gasteiger partial charge in [0.15, 0.2) is 0 Å². The van der Waals surface area contributed by atoms with Crippen molar-refractivity contribution in [2.45, 2.75) is 0 Å². The standard InChI is InChI=1S/C14H7BrFNO3S/c15-11-9-5-6-10(18)17(8-3-1-7(16)2-4-8)13(9)21-12(11)14(19)20/h1-6H,(H,19,20). The topological polar surface area (TPSA) is 59.3 Å². The van der Waals surface area contributed by atoms with Crippen molar-refractivity contribution in [2.24, 2.45) is 0 Å². The van der Waals surface area contributed by atoms with E-state index in [1.54, 1.807) is 6.07 Å². The lowest BCUT2D eigenvalue weighted by molar-refractivity contribution is 0.0701. The highest BCUT2D eigenvalue weighted by molar-refractivity contribution is 9.10. The van der Waals surface area contributed by atoms with Gasteiger partial charge in [0.1, 0.15) is 15.5 Å². The molecule has 4 nitrogen and oxygen atoms in total. The molecule has 21 heavy (non-hydrogen) atoms. The molecule has 0 aliphatic rings. The minimum absolute atomic E-state index is 0.117. The van der Waals surface area contributed by atoms with Gasteiger partial charge in [-0.25, -0.2) is 9.18 Å². The number of rotatable bonds is 2. The Morgan fingerprint density at radius 1 is 1.19 bits per heavy atom. The molecule has 0 aliphatic heterocycles. The molecule has 2 aromatic heterocycles. The van der Waals surface area contributed by atoms with E-state index in [-0.39, 0.29) is 10.4 Å². The Labute approximate surface area is 130 Å². The molecule has 0 amide bonds. The number of nitrogens with zero attached hydrogens (tertiary/aromatic N) is 1. The fraction of sp³-hybridized carbons (Fsp3) is 0. The average molecular weight is 368 g/mol. The van der Waals surface area contributed by atoms with E-state index >= 15 is 0 Å². The number of thiophene rings is 1. The average Bonchev–Trinajstić information content (AvgIpc) is 2.78. The van der Waals surface area contributed by atoms with E-state index in [2.05, 4.69) is 15.9 Å². The van der Waals surface area contributed by atoms with Gasteiger partial charge in [0.05, 0.1) is 10.2 Å². The molecule has 0 fully saturated rings. The highest BCUT2D eigenvalue weighted by atomic mass is 79.9. The Hall–Kier alpha value is -1.99. The summed E-state index contributed by atoms with van der Waals surface area (Å²) in [5.41, 5.74) is 0.178. The van der Waals surface area contributed by atoms with Gasteiger partial charge in [-0.3, -0.25) is 9.36 Å². The summed E-state index contributed by atoms with van der Waals surface area (Å²) in [4.78, 5) is 23.9. The lowest BCUT2D eigenvalue weighted by Gasteiger charge is -2.06.